The SMILES string of the molecule is Fc1cccc2c3ccccc3n(-c3ccc(-c4ccc(-n5c6ccccc6c6cccc(F)c65)cc4)cc3)c12. The number of nitrogens with zero attached hydrogens (tertiary/aromatic N) is 2. The first kappa shape index (κ1) is 22.7. The van der Waals surface area contributed by atoms with E-state index in [2.05, 4.69) is 24.3 Å². The van der Waals surface area contributed by atoms with Crippen molar-refractivity contribution in [2.75, 3.05) is 0 Å². The third-order valence-corrected chi connectivity index (χ3v) is 7.88. The lowest BCUT2D eigenvalue weighted by atomic mass is 10.0. The monoisotopic (exact) mass is 520 g/mol. The van der Waals surface area contributed by atoms with Crippen molar-refractivity contribution >= 4 is 43.6 Å². The quantitative estimate of drug-likeness (QED) is 0.219. The molecule has 0 bridgehead atoms. The molecule has 0 aliphatic carbocycles. The van der Waals surface area contributed by atoms with Crippen LogP contribution in [0.5, 0.6) is 0 Å². The topological polar surface area (TPSA) is 9.86 Å². The normalized spacial score (nSPS) is 11.8. The lowest BCUT2D eigenvalue weighted by molar-refractivity contribution is 0.635. The molecule has 0 amide bonds. The highest BCUT2D eigenvalue weighted by molar-refractivity contribution is 6.10. The number of fused-ring (bicyclic) bond motifs is 6. The number of halogens is 2. The Balaban J connectivity index is 1.21. The van der Waals surface area contributed by atoms with Gasteiger partial charge in [0.25, 0.3) is 0 Å². The van der Waals surface area contributed by atoms with Crippen molar-refractivity contribution in [3.05, 3.63) is 145 Å². The fourth-order valence-corrected chi connectivity index (χ4v) is 6.10. The molecule has 2 aromatic heterocycles. The molecule has 40 heavy (non-hydrogen) atoms. The van der Waals surface area contributed by atoms with Gasteiger partial charge in [0.15, 0.2) is 0 Å². The fourth-order valence-electron chi connectivity index (χ4n) is 6.10. The Morgan fingerprint density at radius 1 is 0.350 bits per heavy atom. The molecule has 0 aliphatic heterocycles. The average Bonchev–Trinajstić information content (AvgIpc) is 3.53. The molecular formula is C36H22F2N2. The summed E-state index contributed by atoms with van der Waals surface area (Å²) in [7, 11) is 0. The van der Waals surface area contributed by atoms with Gasteiger partial charge in [0.1, 0.15) is 11.6 Å². The van der Waals surface area contributed by atoms with Crippen LogP contribution in [0.1, 0.15) is 0 Å². The molecule has 8 rings (SSSR count). The van der Waals surface area contributed by atoms with Crippen molar-refractivity contribution in [2.24, 2.45) is 0 Å². The van der Waals surface area contributed by atoms with Crippen molar-refractivity contribution in [1.29, 1.82) is 0 Å². The van der Waals surface area contributed by atoms with Crippen LogP contribution in [0.2, 0.25) is 0 Å². The Bertz CT molecular complexity index is 2060. The van der Waals surface area contributed by atoms with E-state index in [4.69, 9.17) is 0 Å². The van der Waals surface area contributed by atoms with E-state index in [1.807, 2.05) is 94.1 Å². The van der Waals surface area contributed by atoms with E-state index >= 15 is 8.78 Å². The first-order valence-electron chi connectivity index (χ1n) is 13.3. The van der Waals surface area contributed by atoms with Gasteiger partial charge in [-0.15, -0.1) is 0 Å². The van der Waals surface area contributed by atoms with E-state index in [1.54, 1.807) is 12.1 Å². The van der Waals surface area contributed by atoms with Crippen molar-refractivity contribution in [1.82, 2.24) is 9.13 Å². The summed E-state index contributed by atoms with van der Waals surface area (Å²) in [5.41, 5.74) is 7.00. The Morgan fingerprint density at radius 2 is 0.725 bits per heavy atom. The van der Waals surface area contributed by atoms with Gasteiger partial charge in [-0.25, -0.2) is 8.78 Å². The van der Waals surface area contributed by atoms with Crippen LogP contribution in [0.15, 0.2) is 133 Å². The van der Waals surface area contributed by atoms with Crippen LogP contribution in [0.25, 0.3) is 66.1 Å². The van der Waals surface area contributed by atoms with Crippen LogP contribution in [0.4, 0.5) is 8.78 Å². The Hall–Kier alpha value is -5.22. The van der Waals surface area contributed by atoms with Gasteiger partial charge in [0, 0.05) is 32.9 Å². The summed E-state index contributed by atoms with van der Waals surface area (Å²) < 4.78 is 34.1. The van der Waals surface area contributed by atoms with Gasteiger partial charge in [0.05, 0.1) is 22.1 Å². The second kappa shape index (κ2) is 8.65. The lowest BCUT2D eigenvalue weighted by Crippen LogP contribution is -1.96. The lowest BCUT2D eigenvalue weighted by Gasteiger charge is -2.11. The van der Waals surface area contributed by atoms with E-state index in [0.29, 0.717) is 11.0 Å². The minimum atomic E-state index is -0.241. The third-order valence-electron chi connectivity index (χ3n) is 7.88. The molecule has 0 saturated heterocycles. The van der Waals surface area contributed by atoms with E-state index in [-0.39, 0.29) is 11.6 Å². The van der Waals surface area contributed by atoms with E-state index in [0.717, 1.165) is 55.1 Å². The molecule has 0 radical (unpaired) electrons. The van der Waals surface area contributed by atoms with Gasteiger partial charge in [0.2, 0.25) is 0 Å². The van der Waals surface area contributed by atoms with Gasteiger partial charge in [-0.1, -0.05) is 84.9 Å². The summed E-state index contributed by atoms with van der Waals surface area (Å²) in [4.78, 5) is 0. The van der Waals surface area contributed by atoms with Crippen LogP contribution >= 0.6 is 0 Å². The number of rotatable bonds is 3. The molecule has 190 valence electrons. The Morgan fingerprint density at radius 3 is 1.15 bits per heavy atom. The first-order chi connectivity index (χ1) is 19.7. The summed E-state index contributed by atoms with van der Waals surface area (Å²) in [6, 6.07) is 42.9. The summed E-state index contributed by atoms with van der Waals surface area (Å²) >= 11 is 0. The molecule has 0 saturated carbocycles. The Kier molecular flexibility index (Phi) is 4.92. The molecule has 0 spiro atoms. The van der Waals surface area contributed by atoms with Crippen LogP contribution in [-0.4, -0.2) is 9.13 Å². The minimum absolute atomic E-state index is 0.241. The zero-order chi connectivity index (χ0) is 26.8. The fraction of sp³-hybridized carbons (Fsp3) is 0. The maximum Gasteiger partial charge on any atom is 0.147 e. The first-order valence-corrected chi connectivity index (χ1v) is 13.3. The van der Waals surface area contributed by atoms with Gasteiger partial charge >= 0.3 is 0 Å². The standard InChI is InChI=1S/C36H22F2N2/c37-31-11-5-9-29-27-7-1-3-13-33(27)39(35(29)31)25-19-15-23(16-20-25)24-17-21-26(22-18-24)40-34-14-4-2-8-28(34)30-10-6-12-32(38)36(30)40/h1-22H. The minimum Gasteiger partial charge on any atom is -0.307 e. The molecule has 2 nitrogen and oxygen atoms in total. The summed E-state index contributed by atoms with van der Waals surface area (Å²) in [5.74, 6) is -0.482. The zero-order valence-corrected chi connectivity index (χ0v) is 21.4. The average molecular weight is 521 g/mol. The molecular weight excluding hydrogens is 498 g/mol. The van der Waals surface area contributed by atoms with Gasteiger partial charge in [-0.05, 0) is 59.7 Å². The number of aromatic nitrogens is 2. The highest BCUT2D eigenvalue weighted by Crippen LogP contribution is 2.36. The van der Waals surface area contributed by atoms with Gasteiger partial charge < -0.3 is 9.13 Å². The molecule has 0 unspecified atom stereocenters. The number of hydrogen-bond acceptors (Lipinski definition) is 0. The van der Waals surface area contributed by atoms with E-state index in [9.17, 15) is 0 Å². The number of benzene rings is 6. The second-order valence-electron chi connectivity index (χ2n) is 10.1. The molecule has 2 heterocycles. The zero-order valence-electron chi connectivity index (χ0n) is 21.4. The highest BCUT2D eigenvalue weighted by atomic mass is 19.1. The van der Waals surface area contributed by atoms with Crippen molar-refractivity contribution in [3.63, 3.8) is 0 Å². The second-order valence-corrected chi connectivity index (χ2v) is 10.1. The van der Waals surface area contributed by atoms with E-state index < -0.39 is 0 Å². The van der Waals surface area contributed by atoms with Crippen molar-refractivity contribution < 1.29 is 8.78 Å². The molecule has 6 aromatic carbocycles. The van der Waals surface area contributed by atoms with Crippen LogP contribution in [-0.2, 0) is 0 Å². The van der Waals surface area contributed by atoms with Gasteiger partial charge in [-0.2, -0.15) is 0 Å². The molecule has 0 fully saturated rings. The predicted molar refractivity (Wildman–Crippen MR) is 160 cm³/mol. The maximum absolute atomic E-state index is 15.0. The smallest absolute Gasteiger partial charge is 0.147 e. The van der Waals surface area contributed by atoms with Crippen LogP contribution in [0.3, 0.4) is 0 Å². The van der Waals surface area contributed by atoms with Crippen LogP contribution in [0, 0.1) is 11.6 Å². The van der Waals surface area contributed by atoms with Crippen molar-refractivity contribution in [3.8, 4) is 22.5 Å². The molecule has 0 N–H and O–H groups in total. The molecule has 0 aliphatic rings. The number of para-hydroxylation sites is 4. The largest absolute Gasteiger partial charge is 0.307 e. The molecule has 4 heteroatoms. The molecule has 8 aromatic rings. The summed E-state index contributed by atoms with van der Waals surface area (Å²) in [6.45, 7) is 0. The molecule has 0 atom stereocenters. The predicted octanol–water partition coefficient (Wildman–Crippen LogP) is 9.83. The van der Waals surface area contributed by atoms with Crippen LogP contribution < -0.4 is 0 Å². The third kappa shape index (κ3) is 3.26. The highest BCUT2D eigenvalue weighted by Gasteiger charge is 2.17. The van der Waals surface area contributed by atoms with Gasteiger partial charge in [-0.3, -0.25) is 0 Å². The summed E-state index contributed by atoms with van der Waals surface area (Å²) in [5, 5.41) is 3.85. The van der Waals surface area contributed by atoms with Crippen molar-refractivity contribution in [2.45, 2.75) is 0 Å². The number of hydrogen-bond donors (Lipinski definition) is 0. The maximum atomic E-state index is 15.0. The summed E-state index contributed by atoms with van der Waals surface area (Å²) in [6.07, 6.45) is 0. The van der Waals surface area contributed by atoms with E-state index in [1.165, 1.54) is 12.1 Å². The Labute approximate surface area is 228 Å².